The summed E-state index contributed by atoms with van der Waals surface area (Å²) in [4.78, 5) is 12.8. The van der Waals surface area contributed by atoms with Gasteiger partial charge in [-0.2, -0.15) is 0 Å². The van der Waals surface area contributed by atoms with Gasteiger partial charge in [0.05, 0.1) is 6.61 Å². The first kappa shape index (κ1) is 19.2. The van der Waals surface area contributed by atoms with Gasteiger partial charge in [0.2, 0.25) is 0 Å². The molecule has 0 saturated carbocycles. The predicted octanol–water partition coefficient (Wildman–Crippen LogP) is 4.22. The lowest BCUT2D eigenvalue weighted by Gasteiger charge is -2.25. The fraction of sp³-hybridized carbons (Fsp3) is 0.562. The predicted molar refractivity (Wildman–Crippen MR) is 94.1 cm³/mol. The molecule has 0 aromatic heterocycles. The molecule has 0 unspecified atom stereocenters. The second-order valence-electron chi connectivity index (χ2n) is 6.58. The van der Waals surface area contributed by atoms with E-state index in [0.717, 1.165) is 10.5 Å². The fourth-order valence-electron chi connectivity index (χ4n) is 1.44. The molecule has 0 aliphatic heterocycles. The zero-order chi connectivity index (χ0) is 16.8. The standard InChI is InChI=1S/C16H25NO3S2/c1-15(2,3)20-14(19)17-11-16(4,5)22-21-13-8-6-12(10-18)7-9-13/h6-9,18H,10-11H2,1-5H3,(H,17,19). The summed E-state index contributed by atoms with van der Waals surface area (Å²) in [6, 6.07) is 7.80. The number of alkyl carbamates (subject to hydrolysis) is 1. The van der Waals surface area contributed by atoms with Crippen molar-refractivity contribution in [1.29, 1.82) is 0 Å². The second-order valence-corrected chi connectivity index (χ2v) is 9.49. The minimum absolute atomic E-state index is 0.0589. The molecule has 0 heterocycles. The Morgan fingerprint density at radius 2 is 1.77 bits per heavy atom. The third-order valence-electron chi connectivity index (χ3n) is 2.53. The van der Waals surface area contributed by atoms with Crippen LogP contribution in [0.15, 0.2) is 29.2 Å². The topological polar surface area (TPSA) is 58.6 Å². The van der Waals surface area contributed by atoms with Crippen molar-refractivity contribution in [2.75, 3.05) is 6.54 Å². The highest BCUT2D eigenvalue weighted by molar-refractivity contribution is 8.77. The molecule has 0 fully saturated rings. The maximum atomic E-state index is 11.7. The highest BCUT2D eigenvalue weighted by Crippen LogP contribution is 2.40. The van der Waals surface area contributed by atoms with E-state index < -0.39 is 11.7 Å². The summed E-state index contributed by atoms with van der Waals surface area (Å²) in [5, 5.41) is 11.8. The van der Waals surface area contributed by atoms with Crippen molar-refractivity contribution in [3.8, 4) is 0 Å². The van der Waals surface area contributed by atoms with Crippen LogP contribution in [0.25, 0.3) is 0 Å². The normalized spacial score (nSPS) is 12.1. The van der Waals surface area contributed by atoms with Crippen molar-refractivity contribution in [3.05, 3.63) is 29.8 Å². The Labute approximate surface area is 140 Å². The van der Waals surface area contributed by atoms with Gasteiger partial charge in [-0.3, -0.25) is 0 Å². The Morgan fingerprint density at radius 1 is 1.18 bits per heavy atom. The molecule has 0 atom stereocenters. The van der Waals surface area contributed by atoms with Gasteiger partial charge in [-0.1, -0.05) is 33.7 Å². The molecule has 0 spiro atoms. The van der Waals surface area contributed by atoms with Crippen molar-refractivity contribution < 1.29 is 14.6 Å². The molecule has 124 valence electrons. The number of nitrogens with one attached hydrogen (secondary N) is 1. The summed E-state index contributed by atoms with van der Waals surface area (Å²) in [6.07, 6.45) is -0.390. The summed E-state index contributed by atoms with van der Waals surface area (Å²) in [7, 11) is 3.34. The number of carbonyl (C=O) groups is 1. The van der Waals surface area contributed by atoms with Crippen molar-refractivity contribution in [2.24, 2.45) is 0 Å². The van der Waals surface area contributed by atoms with Gasteiger partial charge in [-0.05, 0) is 52.3 Å². The van der Waals surface area contributed by atoms with E-state index in [1.807, 2.05) is 45.0 Å². The SMILES string of the molecule is CC(C)(C)OC(=O)NCC(C)(C)SSc1ccc(CO)cc1. The van der Waals surface area contributed by atoms with Crippen molar-refractivity contribution in [3.63, 3.8) is 0 Å². The molecule has 1 rings (SSSR count). The summed E-state index contributed by atoms with van der Waals surface area (Å²) in [5.41, 5.74) is 0.421. The number of benzene rings is 1. The van der Waals surface area contributed by atoms with Crippen molar-refractivity contribution in [1.82, 2.24) is 5.32 Å². The monoisotopic (exact) mass is 343 g/mol. The smallest absolute Gasteiger partial charge is 0.407 e. The number of hydrogen-bond acceptors (Lipinski definition) is 5. The van der Waals surface area contributed by atoms with Crippen LogP contribution in [0, 0.1) is 0 Å². The van der Waals surface area contributed by atoms with Crippen LogP contribution in [0.1, 0.15) is 40.2 Å². The van der Waals surface area contributed by atoms with Gasteiger partial charge in [0, 0.05) is 16.2 Å². The van der Waals surface area contributed by atoms with E-state index in [-0.39, 0.29) is 11.4 Å². The van der Waals surface area contributed by atoms with Crippen LogP contribution >= 0.6 is 21.6 Å². The summed E-state index contributed by atoms with van der Waals surface area (Å²) in [6.45, 7) is 10.3. The van der Waals surface area contributed by atoms with Crippen molar-refractivity contribution in [2.45, 2.75) is 56.5 Å². The van der Waals surface area contributed by atoms with Crippen LogP contribution in [-0.4, -0.2) is 28.1 Å². The average molecular weight is 344 g/mol. The second kappa shape index (κ2) is 8.13. The minimum Gasteiger partial charge on any atom is -0.444 e. The van der Waals surface area contributed by atoms with Crippen LogP contribution in [0.2, 0.25) is 0 Å². The number of carbonyl (C=O) groups excluding carboxylic acids is 1. The number of ether oxygens (including phenoxy) is 1. The Bertz CT molecular complexity index is 481. The Kier molecular flexibility index (Phi) is 7.09. The van der Waals surface area contributed by atoms with E-state index in [0.29, 0.717) is 6.54 Å². The summed E-state index contributed by atoms with van der Waals surface area (Å²) in [5.74, 6) is 0. The van der Waals surface area contributed by atoms with Gasteiger partial charge in [-0.15, -0.1) is 0 Å². The fourth-order valence-corrected chi connectivity index (χ4v) is 3.62. The molecule has 0 aliphatic rings. The van der Waals surface area contributed by atoms with Crippen LogP contribution in [-0.2, 0) is 11.3 Å². The molecule has 0 radical (unpaired) electrons. The van der Waals surface area contributed by atoms with Crippen molar-refractivity contribution >= 4 is 27.7 Å². The third-order valence-corrected chi connectivity index (χ3v) is 5.85. The quantitative estimate of drug-likeness (QED) is 0.757. The van der Waals surface area contributed by atoms with Gasteiger partial charge in [0.25, 0.3) is 0 Å². The zero-order valence-electron chi connectivity index (χ0n) is 13.8. The average Bonchev–Trinajstić information content (AvgIpc) is 2.42. The first-order valence-corrected chi connectivity index (χ1v) is 9.29. The molecular formula is C16H25NO3S2. The van der Waals surface area contributed by atoms with Gasteiger partial charge >= 0.3 is 6.09 Å². The largest absolute Gasteiger partial charge is 0.444 e. The van der Waals surface area contributed by atoms with Crippen LogP contribution in [0.4, 0.5) is 4.79 Å². The Balaban J connectivity index is 2.41. The molecule has 2 N–H and O–H groups in total. The van der Waals surface area contributed by atoms with Gasteiger partial charge in [0.15, 0.2) is 0 Å². The molecule has 0 aliphatic carbocycles. The highest BCUT2D eigenvalue weighted by Gasteiger charge is 2.22. The van der Waals surface area contributed by atoms with E-state index in [9.17, 15) is 4.79 Å². The molecule has 1 amide bonds. The number of amides is 1. The number of aliphatic hydroxyl groups is 1. The highest BCUT2D eigenvalue weighted by atomic mass is 33.1. The van der Waals surface area contributed by atoms with E-state index >= 15 is 0 Å². The molecule has 1 aromatic carbocycles. The molecular weight excluding hydrogens is 318 g/mol. The molecule has 4 nitrogen and oxygen atoms in total. The summed E-state index contributed by atoms with van der Waals surface area (Å²) >= 11 is 0. The van der Waals surface area contributed by atoms with E-state index in [2.05, 4.69) is 19.2 Å². The minimum atomic E-state index is -0.482. The first-order valence-electron chi connectivity index (χ1n) is 7.14. The van der Waals surface area contributed by atoms with Gasteiger partial charge in [0.1, 0.15) is 5.60 Å². The third kappa shape index (κ3) is 7.96. The van der Waals surface area contributed by atoms with E-state index in [1.165, 1.54) is 0 Å². The Hall–Kier alpha value is -0.850. The molecule has 22 heavy (non-hydrogen) atoms. The number of aliphatic hydroxyl groups excluding tert-OH is 1. The number of hydrogen-bond donors (Lipinski definition) is 2. The van der Waals surface area contributed by atoms with Gasteiger partial charge in [-0.25, -0.2) is 4.79 Å². The Morgan fingerprint density at radius 3 is 2.27 bits per heavy atom. The lowest BCUT2D eigenvalue weighted by Crippen LogP contribution is -2.39. The maximum Gasteiger partial charge on any atom is 0.407 e. The lowest BCUT2D eigenvalue weighted by atomic mass is 10.2. The zero-order valence-corrected chi connectivity index (χ0v) is 15.4. The lowest BCUT2D eigenvalue weighted by molar-refractivity contribution is 0.0524. The van der Waals surface area contributed by atoms with E-state index in [4.69, 9.17) is 9.84 Å². The maximum absolute atomic E-state index is 11.7. The first-order chi connectivity index (χ1) is 10.1. The summed E-state index contributed by atoms with van der Waals surface area (Å²) < 4.78 is 5.10. The van der Waals surface area contributed by atoms with Crippen LogP contribution in [0.3, 0.4) is 0 Å². The molecule has 6 heteroatoms. The van der Waals surface area contributed by atoms with Crippen LogP contribution in [0.5, 0.6) is 0 Å². The molecule has 0 saturated heterocycles. The molecule has 1 aromatic rings. The van der Waals surface area contributed by atoms with Crippen LogP contribution < -0.4 is 5.32 Å². The molecule has 0 bridgehead atoms. The van der Waals surface area contributed by atoms with Gasteiger partial charge < -0.3 is 15.2 Å². The number of rotatable bonds is 6. The van der Waals surface area contributed by atoms with E-state index in [1.54, 1.807) is 21.6 Å².